The van der Waals surface area contributed by atoms with Crippen molar-refractivity contribution in [3.8, 4) is 0 Å². The molecule has 0 unspecified atom stereocenters. The summed E-state index contributed by atoms with van der Waals surface area (Å²) in [5.41, 5.74) is 1.61. The summed E-state index contributed by atoms with van der Waals surface area (Å²) in [4.78, 5) is 18.7. The minimum absolute atomic E-state index is 0.242. The number of thiazole rings is 1. The van der Waals surface area contributed by atoms with E-state index in [1.54, 1.807) is 13.2 Å². The number of carbonyl (C=O) groups is 1. The van der Waals surface area contributed by atoms with Gasteiger partial charge in [-0.2, -0.15) is 4.99 Å². The molecule has 0 saturated heterocycles. The molecule has 0 bridgehead atoms. The number of methoxy groups -OCH3 is 1. The molecule has 0 fully saturated rings. The number of hydrogen-bond donors (Lipinski definition) is 0. The Hall–Kier alpha value is -1.60. The molecule has 0 aliphatic carbocycles. The van der Waals surface area contributed by atoms with Gasteiger partial charge in [0.25, 0.3) is 5.91 Å². The van der Waals surface area contributed by atoms with Crippen molar-refractivity contribution in [3.63, 3.8) is 0 Å². The first-order valence-electron chi connectivity index (χ1n) is 7.64. The molecule has 4 nitrogen and oxygen atoms in total. The lowest BCUT2D eigenvalue weighted by molar-refractivity contribution is 0.0994. The molecule has 0 aliphatic heterocycles. The molecule has 1 heterocycles. The molecule has 0 N–H and O–H groups in total. The van der Waals surface area contributed by atoms with Gasteiger partial charge in [0.2, 0.25) is 0 Å². The topological polar surface area (TPSA) is 43.6 Å². The maximum atomic E-state index is 12.7. The van der Waals surface area contributed by atoms with E-state index in [9.17, 15) is 4.79 Å². The number of rotatable bonds is 5. The average Bonchev–Trinajstić information content (AvgIpc) is 2.95. The Morgan fingerprint density at radius 2 is 2.12 bits per heavy atom. The van der Waals surface area contributed by atoms with Crippen molar-refractivity contribution in [1.82, 2.24) is 4.57 Å². The van der Waals surface area contributed by atoms with Crippen molar-refractivity contribution in [3.05, 3.63) is 57.9 Å². The van der Waals surface area contributed by atoms with Crippen LogP contribution in [0.4, 0.5) is 0 Å². The molecule has 1 aromatic heterocycles. The highest BCUT2D eigenvalue weighted by Gasteiger charge is 2.12. The van der Waals surface area contributed by atoms with Gasteiger partial charge in [-0.25, -0.2) is 0 Å². The molecule has 0 atom stereocenters. The Labute approximate surface area is 159 Å². The summed E-state index contributed by atoms with van der Waals surface area (Å²) in [6.07, 6.45) is 1.95. The van der Waals surface area contributed by atoms with Gasteiger partial charge in [-0.3, -0.25) is 4.79 Å². The third-order valence-electron chi connectivity index (χ3n) is 3.70. The van der Waals surface area contributed by atoms with Gasteiger partial charge in [0, 0.05) is 23.6 Å². The van der Waals surface area contributed by atoms with Gasteiger partial charge in [0.1, 0.15) is 0 Å². The van der Waals surface area contributed by atoms with Crippen LogP contribution in [0.3, 0.4) is 0 Å². The second-order valence-electron chi connectivity index (χ2n) is 5.26. The van der Waals surface area contributed by atoms with Crippen LogP contribution in [0, 0.1) is 0 Å². The van der Waals surface area contributed by atoms with Crippen molar-refractivity contribution >= 4 is 50.8 Å². The van der Waals surface area contributed by atoms with Gasteiger partial charge in [-0.05, 0) is 36.6 Å². The third-order valence-corrected chi connectivity index (χ3v) is 5.77. The Kier molecular flexibility index (Phi) is 5.96. The van der Waals surface area contributed by atoms with Gasteiger partial charge in [0.05, 0.1) is 22.4 Å². The van der Waals surface area contributed by atoms with E-state index < -0.39 is 0 Å². The number of aromatic nitrogens is 1. The van der Waals surface area contributed by atoms with E-state index in [-0.39, 0.29) is 5.91 Å². The molecule has 0 aliphatic rings. The number of ether oxygens (including phenoxy) is 1. The highest BCUT2D eigenvalue weighted by Crippen LogP contribution is 2.23. The van der Waals surface area contributed by atoms with Gasteiger partial charge in [-0.1, -0.05) is 35.1 Å². The number of hydrogen-bond acceptors (Lipinski definition) is 4. The Morgan fingerprint density at radius 1 is 1.32 bits per heavy atom. The molecule has 2 aromatic carbocycles. The molecule has 3 rings (SSSR count). The van der Waals surface area contributed by atoms with Crippen molar-refractivity contribution in [1.29, 1.82) is 0 Å². The minimum atomic E-state index is -0.242. The highest BCUT2D eigenvalue weighted by molar-refractivity contribution is 7.98. The zero-order valence-electron chi connectivity index (χ0n) is 13.9. The van der Waals surface area contributed by atoms with Gasteiger partial charge in [-0.15, -0.1) is 11.8 Å². The van der Waals surface area contributed by atoms with Gasteiger partial charge < -0.3 is 9.30 Å². The van der Waals surface area contributed by atoms with E-state index in [0.717, 1.165) is 15.1 Å². The van der Waals surface area contributed by atoms with Crippen molar-refractivity contribution < 1.29 is 9.53 Å². The summed E-state index contributed by atoms with van der Waals surface area (Å²) in [7, 11) is 1.66. The van der Waals surface area contributed by atoms with E-state index in [0.29, 0.717) is 28.5 Å². The van der Waals surface area contributed by atoms with Crippen LogP contribution in [0.15, 0.2) is 52.4 Å². The summed E-state index contributed by atoms with van der Waals surface area (Å²) >= 11 is 9.09. The van der Waals surface area contributed by atoms with Crippen LogP contribution < -0.4 is 4.80 Å². The lowest BCUT2D eigenvalue weighted by Gasteiger charge is -2.05. The summed E-state index contributed by atoms with van der Waals surface area (Å²) in [6, 6.07) is 13.2. The van der Waals surface area contributed by atoms with Crippen molar-refractivity contribution in [2.45, 2.75) is 11.4 Å². The minimum Gasteiger partial charge on any atom is -0.383 e. The third kappa shape index (κ3) is 3.98. The second kappa shape index (κ2) is 8.19. The van der Waals surface area contributed by atoms with E-state index in [1.807, 2.05) is 47.2 Å². The lowest BCUT2D eigenvalue weighted by atomic mass is 10.2. The fourth-order valence-corrected chi connectivity index (χ4v) is 4.42. The molecule has 3 aromatic rings. The summed E-state index contributed by atoms with van der Waals surface area (Å²) in [5.74, 6) is -0.242. The first-order chi connectivity index (χ1) is 12.1. The quantitative estimate of drug-likeness (QED) is 0.602. The van der Waals surface area contributed by atoms with Gasteiger partial charge in [0.15, 0.2) is 4.80 Å². The van der Waals surface area contributed by atoms with Crippen molar-refractivity contribution in [2.75, 3.05) is 20.0 Å². The smallest absolute Gasteiger partial charge is 0.280 e. The van der Waals surface area contributed by atoms with Crippen LogP contribution >= 0.6 is 34.7 Å². The first-order valence-corrected chi connectivity index (χ1v) is 10.1. The fraction of sp³-hybridized carbons (Fsp3) is 0.222. The predicted octanol–water partition coefficient (Wildman–Crippen LogP) is 4.47. The molecule has 0 radical (unpaired) electrons. The molecular formula is C18H17ClN2O2S2. The monoisotopic (exact) mass is 392 g/mol. The molecular weight excluding hydrogens is 376 g/mol. The van der Waals surface area contributed by atoms with E-state index in [1.165, 1.54) is 23.1 Å². The average molecular weight is 393 g/mol. The Bertz CT molecular complexity index is 979. The molecule has 130 valence electrons. The van der Waals surface area contributed by atoms with E-state index >= 15 is 0 Å². The predicted molar refractivity (Wildman–Crippen MR) is 105 cm³/mol. The van der Waals surface area contributed by atoms with Crippen LogP contribution in [0.2, 0.25) is 5.02 Å². The molecule has 7 heteroatoms. The summed E-state index contributed by atoms with van der Waals surface area (Å²) in [5, 5.41) is 0.665. The molecule has 0 spiro atoms. The normalized spacial score (nSPS) is 12.0. The molecule has 25 heavy (non-hydrogen) atoms. The molecule has 1 amide bonds. The van der Waals surface area contributed by atoms with E-state index in [2.05, 4.69) is 4.99 Å². The highest BCUT2D eigenvalue weighted by atomic mass is 35.5. The van der Waals surface area contributed by atoms with Crippen LogP contribution in [0.25, 0.3) is 10.2 Å². The zero-order valence-corrected chi connectivity index (χ0v) is 16.2. The zero-order chi connectivity index (χ0) is 17.8. The number of nitrogens with zero attached hydrogens (tertiary/aromatic N) is 2. The number of thioether (sulfide) groups is 1. The number of halogens is 1. The number of amides is 1. The fourth-order valence-electron chi connectivity index (χ4n) is 2.50. The van der Waals surface area contributed by atoms with E-state index in [4.69, 9.17) is 16.3 Å². The van der Waals surface area contributed by atoms with Crippen LogP contribution in [-0.2, 0) is 11.3 Å². The standard InChI is InChI=1S/C18H17ClN2O2S2/c1-23-10-9-21-14-8-7-12(19)11-16(14)25-18(21)20-17(22)13-5-3-4-6-15(13)24-2/h3-8,11H,9-10H2,1-2H3. The SMILES string of the molecule is COCCn1c(=NC(=O)c2ccccc2SC)sc2cc(Cl)ccc21. The number of benzene rings is 2. The summed E-state index contributed by atoms with van der Waals surface area (Å²) in [6.45, 7) is 1.16. The largest absolute Gasteiger partial charge is 0.383 e. The maximum Gasteiger partial charge on any atom is 0.280 e. The number of fused-ring (bicyclic) bond motifs is 1. The second-order valence-corrected chi connectivity index (χ2v) is 7.55. The van der Waals surface area contributed by atoms with Crippen molar-refractivity contribution in [2.24, 2.45) is 4.99 Å². The molecule has 0 saturated carbocycles. The van der Waals surface area contributed by atoms with Crippen LogP contribution in [0.5, 0.6) is 0 Å². The van der Waals surface area contributed by atoms with Crippen LogP contribution in [-0.4, -0.2) is 30.4 Å². The number of carbonyl (C=O) groups excluding carboxylic acids is 1. The Balaban J connectivity index is 2.12. The summed E-state index contributed by atoms with van der Waals surface area (Å²) < 4.78 is 8.19. The Morgan fingerprint density at radius 3 is 2.88 bits per heavy atom. The van der Waals surface area contributed by atoms with Crippen LogP contribution in [0.1, 0.15) is 10.4 Å². The first kappa shape index (κ1) is 18.2. The van der Waals surface area contributed by atoms with Gasteiger partial charge >= 0.3 is 0 Å². The maximum absolute atomic E-state index is 12.7. The lowest BCUT2D eigenvalue weighted by Crippen LogP contribution is -2.19.